The van der Waals surface area contributed by atoms with Gasteiger partial charge in [0.1, 0.15) is 17.7 Å². The summed E-state index contributed by atoms with van der Waals surface area (Å²) in [6, 6.07) is 6.52. The van der Waals surface area contributed by atoms with E-state index in [0.717, 1.165) is 0 Å². The summed E-state index contributed by atoms with van der Waals surface area (Å²) >= 11 is 0. The second kappa shape index (κ2) is 14.3. The van der Waals surface area contributed by atoms with E-state index in [9.17, 15) is 24.3 Å². The number of carbonyl (C=O) groups excluding carboxylic acids is 4. The highest BCUT2D eigenvalue weighted by molar-refractivity contribution is 5.92. The minimum Gasteiger partial charge on any atom is -0.466 e. The molecule has 3 amide bonds. The fourth-order valence-corrected chi connectivity index (χ4v) is 3.33. The Morgan fingerprint density at radius 1 is 1.09 bits per heavy atom. The highest BCUT2D eigenvalue weighted by Gasteiger charge is 2.37. The van der Waals surface area contributed by atoms with Crippen molar-refractivity contribution in [1.82, 2.24) is 15.5 Å². The van der Waals surface area contributed by atoms with Gasteiger partial charge in [-0.3, -0.25) is 14.4 Å². The summed E-state index contributed by atoms with van der Waals surface area (Å²) in [6.07, 6.45) is -0.784. The molecule has 3 N–H and O–H groups in total. The molecule has 0 spiro atoms. The molecule has 2 atom stereocenters. The number of hydrogen-bond acceptors (Lipinski definition) is 7. The Labute approximate surface area is 207 Å². The van der Waals surface area contributed by atoms with Crippen LogP contribution in [0.15, 0.2) is 30.3 Å². The van der Waals surface area contributed by atoms with Gasteiger partial charge in [0.05, 0.1) is 19.6 Å². The average molecular weight is 494 g/mol. The predicted octanol–water partition coefficient (Wildman–Crippen LogP) is 2.17. The molecule has 0 bridgehead atoms. The topological polar surface area (TPSA) is 134 Å². The molecule has 0 heterocycles. The summed E-state index contributed by atoms with van der Waals surface area (Å²) in [4.78, 5) is 52.2. The largest absolute Gasteiger partial charge is 0.466 e. The number of amides is 3. The van der Waals surface area contributed by atoms with Crippen molar-refractivity contribution >= 4 is 23.9 Å². The smallest absolute Gasteiger partial charge is 0.408 e. The molecule has 1 rings (SSSR count). The number of hydrogen-bond donors (Lipinski definition) is 3. The third-order valence-corrected chi connectivity index (χ3v) is 4.84. The van der Waals surface area contributed by atoms with Gasteiger partial charge in [0.25, 0.3) is 0 Å². The van der Waals surface area contributed by atoms with Gasteiger partial charge in [-0.05, 0) is 39.2 Å². The van der Waals surface area contributed by atoms with Crippen molar-refractivity contribution in [2.75, 3.05) is 26.3 Å². The van der Waals surface area contributed by atoms with E-state index in [-0.39, 0.29) is 32.0 Å². The van der Waals surface area contributed by atoms with Gasteiger partial charge < -0.3 is 30.1 Å². The fraction of sp³-hybridized carbons (Fsp3) is 0.600. The Balaban J connectivity index is 3.23. The monoisotopic (exact) mass is 493 g/mol. The van der Waals surface area contributed by atoms with Crippen molar-refractivity contribution in [3.05, 3.63) is 35.9 Å². The third kappa shape index (κ3) is 10.3. The Hall–Kier alpha value is -3.14. The van der Waals surface area contributed by atoms with Crippen molar-refractivity contribution in [1.29, 1.82) is 0 Å². The van der Waals surface area contributed by atoms with Crippen molar-refractivity contribution in [2.24, 2.45) is 5.92 Å². The number of alkyl carbamates (subject to hydrolysis) is 1. The highest BCUT2D eigenvalue weighted by atomic mass is 16.6. The lowest BCUT2D eigenvalue weighted by Crippen LogP contribution is -2.55. The third-order valence-electron chi connectivity index (χ3n) is 4.84. The van der Waals surface area contributed by atoms with Crippen LogP contribution in [0.4, 0.5) is 4.79 Å². The van der Waals surface area contributed by atoms with Gasteiger partial charge in [0, 0.05) is 13.1 Å². The summed E-state index contributed by atoms with van der Waals surface area (Å²) in [5.41, 5.74) is -0.243. The number of aliphatic hydroxyl groups is 1. The van der Waals surface area contributed by atoms with Gasteiger partial charge in [0.2, 0.25) is 11.8 Å². The van der Waals surface area contributed by atoms with Crippen LogP contribution in [0.3, 0.4) is 0 Å². The maximum atomic E-state index is 13.7. The lowest BCUT2D eigenvalue weighted by molar-refractivity contribution is -0.145. The molecule has 10 nitrogen and oxygen atoms in total. The van der Waals surface area contributed by atoms with E-state index >= 15 is 0 Å². The Kier molecular flexibility index (Phi) is 12.2. The molecule has 0 aliphatic heterocycles. The second-order valence-corrected chi connectivity index (χ2v) is 9.28. The summed E-state index contributed by atoms with van der Waals surface area (Å²) < 4.78 is 10.2. The number of aliphatic hydroxyl groups excluding tert-OH is 1. The molecule has 0 saturated heterocycles. The zero-order valence-corrected chi connectivity index (χ0v) is 21.5. The van der Waals surface area contributed by atoms with Crippen molar-refractivity contribution in [3.8, 4) is 0 Å². The molecule has 0 radical (unpaired) electrons. The standard InChI is InChI=1S/C25H39N3O7/c1-7-34-19(30)13-14-26-22(31)21(18-11-9-8-10-12-18)28(15-16-29)23(32)20(17(2)3)27-24(33)35-25(4,5)6/h8-12,17,20-21,29H,7,13-16H2,1-6H3,(H,26,31)(H,27,33). The molecule has 1 aromatic rings. The molecule has 0 aliphatic rings. The first-order valence-corrected chi connectivity index (χ1v) is 11.8. The van der Waals surface area contributed by atoms with Crippen LogP contribution >= 0.6 is 0 Å². The zero-order chi connectivity index (χ0) is 26.6. The first-order valence-electron chi connectivity index (χ1n) is 11.8. The summed E-state index contributed by atoms with van der Waals surface area (Å²) in [7, 11) is 0. The SMILES string of the molecule is CCOC(=O)CCNC(=O)C(c1ccccc1)N(CCO)C(=O)C(NC(=O)OC(C)(C)C)C(C)C. The van der Waals surface area contributed by atoms with Gasteiger partial charge in [-0.25, -0.2) is 4.79 Å². The minimum atomic E-state index is -1.10. The number of ether oxygens (including phenoxy) is 2. The summed E-state index contributed by atoms with van der Waals surface area (Å²) in [5.74, 6) is -1.86. The maximum Gasteiger partial charge on any atom is 0.408 e. The average Bonchev–Trinajstić information content (AvgIpc) is 2.76. The molecule has 196 valence electrons. The number of nitrogens with zero attached hydrogens (tertiary/aromatic N) is 1. The van der Waals surface area contributed by atoms with Gasteiger partial charge in [-0.2, -0.15) is 0 Å². The van der Waals surface area contributed by atoms with E-state index < -0.39 is 48.2 Å². The molecule has 2 unspecified atom stereocenters. The van der Waals surface area contributed by atoms with Crippen LogP contribution in [0.1, 0.15) is 59.6 Å². The summed E-state index contributed by atoms with van der Waals surface area (Å²) in [6.45, 7) is 10.0. The molecule has 0 fully saturated rings. The number of carbonyl (C=O) groups is 4. The molecule has 0 saturated carbocycles. The molecule has 1 aromatic carbocycles. The zero-order valence-electron chi connectivity index (χ0n) is 21.5. The lowest BCUT2D eigenvalue weighted by Gasteiger charge is -2.35. The van der Waals surface area contributed by atoms with E-state index in [1.165, 1.54) is 4.90 Å². The predicted molar refractivity (Wildman–Crippen MR) is 130 cm³/mol. The van der Waals surface area contributed by atoms with Crippen LogP contribution in [0, 0.1) is 5.92 Å². The van der Waals surface area contributed by atoms with E-state index in [0.29, 0.717) is 5.56 Å². The van der Waals surface area contributed by atoms with Gasteiger partial charge in [-0.1, -0.05) is 44.2 Å². The minimum absolute atomic E-state index is 0.0198. The Bertz CT molecular complexity index is 837. The lowest BCUT2D eigenvalue weighted by atomic mass is 9.99. The van der Waals surface area contributed by atoms with Crippen LogP contribution in [-0.2, 0) is 23.9 Å². The van der Waals surface area contributed by atoms with Crippen LogP contribution in [0.25, 0.3) is 0 Å². The van der Waals surface area contributed by atoms with E-state index in [4.69, 9.17) is 9.47 Å². The van der Waals surface area contributed by atoms with Gasteiger partial charge in [-0.15, -0.1) is 0 Å². The van der Waals surface area contributed by atoms with E-state index in [1.54, 1.807) is 71.9 Å². The Morgan fingerprint density at radius 2 is 1.71 bits per heavy atom. The molecular formula is C25H39N3O7. The first-order chi connectivity index (χ1) is 16.4. The molecular weight excluding hydrogens is 454 g/mol. The van der Waals surface area contributed by atoms with Gasteiger partial charge >= 0.3 is 12.1 Å². The second-order valence-electron chi connectivity index (χ2n) is 9.28. The maximum absolute atomic E-state index is 13.7. The first kappa shape index (κ1) is 29.9. The number of rotatable bonds is 12. The molecule has 35 heavy (non-hydrogen) atoms. The molecule has 10 heteroatoms. The number of esters is 1. The van der Waals surface area contributed by atoms with E-state index in [2.05, 4.69) is 10.6 Å². The van der Waals surface area contributed by atoms with Crippen molar-refractivity contribution in [2.45, 2.75) is 65.6 Å². The van der Waals surface area contributed by atoms with Crippen LogP contribution < -0.4 is 10.6 Å². The molecule has 0 aliphatic carbocycles. The quantitative estimate of drug-likeness (QED) is 0.380. The summed E-state index contributed by atoms with van der Waals surface area (Å²) in [5, 5.41) is 15.0. The van der Waals surface area contributed by atoms with Gasteiger partial charge in [0.15, 0.2) is 0 Å². The van der Waals surface area contributed by atoms with Crippen molar-refractivity contribution < 1.29 is 33.8 Å². The molecule has 0 aromatic heterocycles. The van der Waals surface area contributed by atoms with Crippen molar-refractivity contribution in [3.63, 3.8) is 0 Å². The van der Waals surface area contributed by atoms with Crippen LogP contribution in [0.5, 0.6) is 0 Å². The number of nitrogens with one attached hydrogen (secondary N) is 2. The normalized spacial score (nSPS) is 12.9. The van der Waals surface area contributed by atoms with Crippen LogP contribution in [0.2, 0.25) is 0 Å². The Morgan fingerprint density at radius 3 is 2.23 bits per heavy atom. The van der Waals surface area contributed by atoms with Crippen LogP contribution in [-0.4, -0.2) is 71.8 Å². The highest BCUT2D eigenvalue weighted by Crippen LogP contribution is 2.23. The number of benzene rings is 1. The fourth-order valence-electron chi connectivity index (χ4n) is 3.33. The van der Waals surface area contributed by atoms with E-state index in [1.807, 2.05) is 0 Å².